The van der Waals surface area contributed by atoms with E-state index in [0.717, 1.165) is 31.7 Å². The van der Waals surface area contributed by atoms with E-state index in [1.54, 1.807) is 4.52 Å². The van der Waals surface area contributed by atoms with Gasteiger partial charge in [0.2, 0.25) is 5.95 Å². The van der Waals surface area contributed by atoms with Gasteiger partial charge >= 0.3 is 0 Å². The van der Waals surface area contributed by atoms with Crippen molar-refractivity contribution in [2.24, 2.45) is 0 Å². The Hall–Kier alpha value is -2.28. The predicted molar refractivity (Wildman–Crippen MR) is 82.8 cm³/mol. The first kappa shape index (κ1) is 13.4. The Bertz CT molecular complexity index is 865. The van der Waals surface area contributed by atoms with Crippen LogP contribution >= 0.6 is 0 Å². The van der Waals surface area contributed by atoms with Gasteiger partial charge in [0.15, 0.2) is 5.65 Å². The maximum Gasteiger partial charge on any atom is 0.229 e. The van der Waals surface area contributed by atoms with E-state index in [1.165, 1.54) is 6.07 Å². The Labute approximate surface area is 127 Å². The van der Waals surface area contributed by atoms with E-state index < -0.39 is 0 Å². The van der Waals surface area contributed by atoms with Gasteiger partial charge in [-0.2, -0.15) is 4.52 Å². The lowest BCUT2D eigenvalue weighted by atomic mass is 10.1. The molecule has 6 nitrogen and oxygen atoms in total. The molecule has 0 unspecified atom stereocenters. The van der Waals surface area contributed by atoms with Crippen molar-refractivity contribution in [2.45, 2.75) is 13.8 Å². The van der Waals surface area contributed by atoms with Crippen molar-refractivity contribution in [3.05, 3.63) is 29.3 Å². The van der Waals surface area contributed by atoms with E-state index in [1.807, 2.05) is 19.9 Å². The molecular weight excluding hydrogens is 283 g/mol. The number of piperazine rings is 1. The normalized spacial score (nSPS) is 15.9. The molecule has 0 spiro atoms. The van der Waals surface area contributed by atoms with Gasteiger partial charge in [0.05, 0.1) is 0 Å². The molecule has 1 aromatic carbocycles. The molecule has 0 radical (unpaired) electrons. The third-order valence-corrected chi connectivity index (χ3v) is 3.96. The molecule has 3 heterocycles. The van der Waals surface area contributed by atoms with E-state index >= 15 is 0 Å². The number of nitrogens with zero attached hydrogens (tertiary/aromatic N) is 5. The number of hydrogen-bond acceptors (Lipinski definition) is 5. The number of aryl methyl sites for hydroxylation is 2. The largest absolute Gasteiger partial charge is 0.338 e. The van der Waals surface area contributed by atoms with Crippen molar-refractivity contribution in [1.29, 1.82) is 0 Å². The van der Waals surface area contributed by atoms with E-state index in [-0.39, 0.29) is 5.82 Å². The van der Waals surface area contributed by atoms with E-state index in [4.69, 9.17) is 0 Å². The van der Waals surface area contributed by atoms with Crippen LogP contribution in [0.2, 0.25) is 0 Å². The summed E-state index contributed by atoms with van der Waals surface area (Å²) in [5.41, 5.74) is 1.88. The van der Waals surface area contributed by atoms with Gasteiger partial charge in [0, 0.05) is 31.6 Å². The van der Waals surface area contributed by atoms with E-state index in [0.29, 0.717) is 28.3 Å². The lowest BCUT2D eigenvalue weighted by molar-refractivity contribution is 0.574. The van der Waals surface area contributed by atoms with Gasteiger partial charge in [-0.05, 0) is 31.5 Å². The highest BCUT2D eigenvalue weighted by molar-refractivity contribution is 5.93. The second-order valence-corrected chi connectivity index (χ2v) is 5.69. The van der Waals surface area contributed by atoms with Crippen LogP contribution in [-0.4, -0.2) is 45.8 Å². The lowest BCUT2D eigenvalue weighted by Crippen LogP contribution is -2.44. The van der Waals surface area contributed by atoms with Crippen LogP contribution < -0.4 is 10.2 Å². The van der Waals surface area contributed by atoms with Gasteiger partial charge in [-0.1, -0.05) is 0 Å². The SMILES string of the molecule is Cc1cc(F)c2nc(N3CCNCC3)n3nc(C)nc3c2c1. The summed E-state index contributed by atoms with van der Waals surface area (Å²) in [5, 5.41) is 8.47. The number of hydrogen-bond donors (Lipinski definition) is 1. The maximum atomic E-state index is 14.4. The van der Waals surface area contributed by atoms with Crippen LogP contribution in [0.15, 0.2) is 12.1 Å². The van der Waals surface area contributed by atoms with Crippen molar-refractivity contribution < 1.29 is 4.39 Å². The summed E-state index contributed by atoms with van der Waals surface area (Å²) in [6, 6.07) is 3.42. The number of rotatable bonds is 1. The van der Waals surface area contributed by atoms with E-state index in [9.17, 15) is 4.39 Å². The number of fused-ring (bicyclic) bond motifs is 3. The van der Waals surface area contributed by atoms with Crippen molar-refractivity contribution in [1.82, 2.24) is 24.9 Å². The van der Waals surface area contributed by atoms with Crippen LogP contribution in [0.25, 0.3) is 16.6 Å². The van der Waals surface area contributed by atoms with E-state index in [2.05, 4.69) is 25.3 Å². The molecule has 0 amide bonds. The standard InChI is InChI=1S/C15H17FN6/c1-9-7-11-13(12(16)8-9)19-15(21-5-3-17-4-6-21)22-14(11)18-10(2)20-22/h7-8,17H,3-6H2,1-2H3. The molecule has 0 saturated carbocycles. The van der Waals surface area contributed by atoms with Gasteiger partial charge in [-0.15, -0.1) is 5.10 Å². The van der Waals surface area contributed by atoms with Gasteiger partial charge in [-0.3, -0.25) is 0 Å². The molecule has 22 heavy (non-hydrogen) atoms. The van der Waals surface area contributed by atoms with Crippen LogP contribution in [-0.2, 0) is 0 Å². The third kappa shape index (κ3) is 2.00. The van der Waals surface area contributed by atoms with Crippen LogP contribution in [0, 0.1) is 19.7 Å². The Morgan fingerprint density at radius 3 is 2.68 bits per heavy atom. The summed E-state index contributed by atoms with van der Waals surface area (Å²) in [6.07, 6.45) is 0. The van der Waals surface area contributed by atoms with Gasteiger partial charge < -0.3 is 10.2 Å². The second kappa shape index (κ2) is 4.88. The summed E-state index contributed by atoms with van der Waals surface area (Å²) in [6.45, 7) is 7.11. The van der Waals surface area contributed by atoms with Crippen molar-refractivity contribution >= 4 is 22.5 Å². The summed E-state index contributed by atoms with van der Waals surface area (Å²) in [4.78, 5) is 11.2. The zero-order valence-electron chi connectivity index (χ0n) is 12.6. The molecule has 0 aliphatic carbocycles. The molecule has 0 atom stereocenters. The first-order valence-electron chi connectivity index (χ1n) is 7.42. The second-order valence-electron chi connectivity index (χ2n) is 5.69. The van der Waals surface area contributed by atoms with Gasteiger partial charge in [0.1, 0.15) is 17.2 Å². The predicted octanol–water partition coefficient (Wildman–Crippen LogP) is 1.44. The fourth-order valence-corrected chi connectivity index (χ4v) is 2.96. The van der Waals surface area contributed by atoms with Gasteiger partial charge in [0.25, 0.3) is 0 Å². The minimum Gasteiger partial charge on any atom is -0.338 e. The summed E-state index contributed by atoms with van der Waals surface area (Å²) >= 11 is 0. The smallest absolute Gasteiger partial charge is 0.229 e. The minimum absolute atomic E-state index is 0.311. The number of nitrogens with one attached hydrogen (secondary N) is 1. The van der Waals surface area contributed by atoms with Crippen molar-refractivity contribution in [3.63, 3.8) is 0 Å². The molecule has 3 aromatic rings. The number of halogens is 1. The van der Waals surface area contributed by atoms with Crippen molar-refractivity contribution in [3.8, 4) is 0 Å². The number of anilines is 1. The zero-order chi connectivity index (χ0) is 15.3. The highest BCUT2D eigenvalue weighted by Gasteiger charge is 2.20. The van der Waals surface area contributed by atoms with Crippen LogP contribution in [0.1, 0.15) is 11.4 Å². The zero-order valence-corrected chi connectivity index (χ0v) is 12.6. The molecule has 1 fully saturated rings. The molecule has 1 aliphatic rings. The Balaban J connectivity index is 2.06. The summed E-state index contributed by atoms with van der Waals surface area (Å²) in [7, 11) is 0. The molecule has 4 rings (SSSR count). The highest BCUT2D eigenvalue weighted by atomic mass is 19.1. The fraction of sp³-hybridized carbons (Fsp3) is 0.400. The van der Waals surface area contributed by atoms with Gasteiger partial charge in [-0.25, -0.2) is 14.4 Å². The first-order chi connectivity index (χ1) is 10.6. The molecule has 7 heteroatoms. The molecular formula is C15H17FN6. The molecule has 114 valence electrons. The monoisotopic (exact) mass is 300 g/mol. The number of benzene rings is 1. The van der Waals surface area contributed by atoms with Crippen molar-refractivity contribution in [2.75, 3.05) is 31.1 Å². The minimum atomic E-state index is -0.311. The molecule has 2 aromatic heterocycles. The Kier molecular flexibility index (Phi) is 2.97. The summed E-state index contributed by atoms with van der Waals surface area (Å²) < 4.78 is 16.1. The highest BCUT2D eigenvalue weighted by Crippen LogP contribution is 2.26. The quantitative estimate of drug-likeness (QED) is 0.737. The summed E-state index contributed by atoms with van der Waals surface area (Å²) in [5.74, 6) is 1.01. The average Bonchev–Trinajstić information content (AvgIpc) is 2.89. The fourth-order valence-electron chi connectivity index (χ4n) is 2.96. The Morgan fingerprint density at radius 1 is 1.14 bits per heavy atom. The maximum absolute atomic E-state index is 14.4. The van der Waals surface area contributed by atoms with Crippen LogP contribution in [0.3, 0.4) is 0 Å². The molecule has 0 bridgehead atoms. The first-order valence-corrected chi connectivity index (χ1v) is 7.42. The Morgan fingerprint density at radius 2 is 1.91 bits per heavy atom. The third-order valence-electron chi connectivity index (χ3n) is 3.96. The molecule has 1 saturated heterocycles. The van der Waals surface area contributed by atoms with Crippen LogP contribution in [0.5, 0.6) is 0 Å². The average molecular weight is 300 g/mol. The lowest BCUT2D eigenvalue weighted by Gasteiger charge is -2.28. The number of aromatic nitrogens is 4. The molecule has 1 aliphatic heterocycles. The van der Waals surface area contributed by atoms with Crippen LogP contribution in [0.4, 0.5) is 10.3 Å². The topological polar surface area (TPSA) is 58.4 Å². The molecule has 1 N–H and O–H groups in total.